The molecule has 1 saturated heterocycles. The minimum Gasteiger partial charge on any atom is -0.475 e. The van der Waals surface area contributed by atoms with Crippen LogP contribution in [0.2, 0.25) is 0 Å². The molecule has 15 heteroatoms. The van der Waals surface area contributed by atoms with Crippen LogP contribution in [0.5, 0.6) is 0 Å². The van der Waals surface area contributed by atoms with Gasteiger partial charge in [0.15, 0.2) is 5.65 Å². The molecule has 170 valence electrons. The third-order valence-corrected chi connectivity index (χ3v) is 4.83. The zero-order chi connectivity index (χ0) is 22.9. The number of carboxylic acid groups (broad SMARTS) is 1. The highest BCUT2D eigenvalue weighted by atomic mass is 19.4. The van der Waals surface area contributed by atoms with Crippen molar-refractivity contribution in [3.63, 3.8) is 0 Å². The number of nitrogens with zero attached hydrogens (tertiary/aromatic N) is 8. The van der Waals surface area contributed by atoms with Crippen LogP contribution < -0.4 is 4.90 Å². The van der Waals surface area contributed by atoms with Crippen LogP contribution in [0.25, 0.3) is 5.65 Å². The average Bonchev–Trinajstić information content (AvgIpc) is 3.53. The van der Waals surface area contributed by atoms with Gasteiger partial charge in [0.05, 0.1) is 31.7 Å². The lowest BCUT2D eigenvalue weighted by Gasteiger charge is -2.35. The van der Waals surface area contributed by atoms with Crippen molar-refractivity contribution in [3.05, 3.63) is 36.7 Å². The van der Waals surface area contributed by atoms with E-state index in [0.29, 0.717) is 31.9 Å². The lowest BCUT2D eigenvalue weighted by molar-refractivity contribution is -0.192. The molecule has 5 rings (SSSR count). The summed E-state index contributed by atoms with van der Waals surface area (Å²) >= 11 is 0. The highest BCUT2D eigenvalue weighted by Crippen LogP contribution is 2.27. The maximum Gasteiger partial charge on any atom is 0.490 e. The van der Waals surface area contributed by atoms with E-state index in [1.807, 2.05) is 16.7 Å². The molecule has 1 amide bonds. The third-order valence-electron chi connectivity index (χ3n) is 4.83. The van der Waals surface area contributed by atoms with Crippen molar-refractivity contribution in [2.24, 2.45) is 0 Å². The van der Waals surface area contributed by atoms with Gasteiger partial charge in [-0.15, -0.1) is 15.3 Å². The van der Waals surface area contributed by atoms with E-state index in [9.17, 15) is 18.0 Å². The van der Waals surface area contributed by atoms with Crippen molar-refractivity contribution >= 4 is 23.3 Å². The first kappa shape index (κ1) is 21.5. The Morgan fingerprint density at radius 2 is 2.00 bits per heavy atom. The molecule has 0 bridgehead atoms. The topological polar surface area (TPSA) is 131 Å². The van der Waals surface area contributed by atoms with E-state index in [4.69, 9.17) is 14.7 Å². The summed E-state index contributed by atoms with van der Waals surface area (Å²) in [6.07, 6.45) is 0.842. The molecule has 0 spiro atoms. The SMILES string of the molecule is O=C(C1CN(c2ccc3nncn3n2)Cc2cncn21)N1CCCO1.O=C(O)C(F)(F)F. The fourth-order valence-corrected chi connectivity index (χ4v) is 3.34. The largest absolute Gasteiger partial charge is 0.490 e. The van der Waals surface area contributed by atoms with E-state index >= 15 is 0 Å². The fourth-order valence-electron chi connectivity index (χ4n) is 3.34. The Bertz CT molecular complexity index is 1120. The molecule has 3 aromatic rings. The number of rotatable bonds is 2. The molecule has 0 saturated carbocycles. The van der Waals surface area contributed by atoms with E-state index in [1.165, 1.54) is 5.06 Å². The highest BCUT2D eigenvalue weighted by molar-refractivity contribution is 5.81. The molecule has 0 aromatic carbocycles. The Kier molecular flexibility index (Phi) is 5.65. The van der Waals surface area contributed by atoms with Gasteiger partial charge < -0.3 is 14.6 Å². The number of imidazole rings is 1. The first-order chi connectivity index (χ1) is 15.2. The smallest absolute Gasteiger partial charge is 0.475 e. The van der Waals surface area contributed by atoms with Crippen molar-refractivity contribution < 1.29 is 32.7 Å². The third kappa shape index (κ3) is 4.32. The van der Waals surface area contributed by atoms with Crippen LogP contribution in [-0.4, -0.2) is 77.3 Å². The number of anilines is 1. The molecule has 1 N–H and O–H groups in total. The molecule has 2 aliphatic heterocycles. The van der Waals surface area contributed by atoms with Crippen molar-refractivity contribution in [2.45, 2.75) is 25.2 Å². The summed E-state index contributed by atoms with van der Waals surface area (Å²) in [5, 5.41) is 21.0. The number of carbonyl (C=O) groups is 2. The van der Waals surface area contributed by atoms with Gasteiger partial charge in [0, 0.05) is 12.7 Å². The molecule has 1 fully saturated rings. The van der Waals surface area contributed by atoms with Crippen molar-refractivity contribution in [2.75, 3.05) is 24.6 Å². The molecule has 2 aliphatic rings. The zero-order valence-corrected chi connectivity index (χ0v) is 16.4. The summed E-state index contributed by atoms with van der Waals surface area (Å²) in [4.78, 5) is 33.5. The summed E-state index contributed by atoms with van der Waals surface area (Å²) in [5.74, 6) is -2.04. The minimum atomic E-state index is -5.08. The van der Waals surface area contributed by atoms with Crippen molar-refractivity contribution in [1.82, 2.24) is 34.4 Å². The first-order valence-corrected chi connectivity index (χ1v) is 9.41. The molecular formula is C17H17F3N8O4. The zero-order valence-electron chi connectivity index (χ0n) is 16.4. The summed E-state index contributed by atoms with van der Waals surface area (Å²) in [6, 6.07) is 3.37. The van der Waals surface area contributed by atoms with Gasteiger partial charge in [0.2, 0.25) is 0 Å². The fraction of sp³-hybridized carbons (Fsp3) is 0.412. The predicted octanol–water partition coefficient (Wildman–Crippen LogP) is 0.679. The van der Waals surface area contributed by atoms with Crippen LogP contribution in [0.3, 0.4) is 0 Å². The number of hydroxylamine groups is 2. The second kappa shape index (κ2) is 8.41. The van der Waals surface area contributed by atoms with Crippen LogP contribution in [0, 0.1) is 0 Å². The number of fused-ring (bicyclic) bond motifs is 2. The van der Waals surface area contributed by atoms with Crippen LogP contribution in [0.1, 0.15) is 18.2 Å². The van der Waals surface area contributed by atoms with Crippen LogP contribution >= 0.6 is 0 Å². The maximum absolute atomic E-state index is 12.9. The van der Waals surface area contributed by atoms with E-state index in [-0.39, 0.29) is 11.9 Å². The molecule has 0 radical (unpaired) electrons. The van der Waals surface area contributed by atoms with Gasteiger partial charge in [-0.25, -0.2) is 14.8 Å². The Balaban J connectivity index is 0.000000307. The monoisotopic (exact) mass is 454 g/mol. The Morgan fingerprint density at radius 3 is 2.69 bits per heavy atom. The van der Waals surface area contributed by atoms with E-state index in [1.54, 1.807) is 23.4 Å². The number of carbonyl (C=O) groups excluding carboxylic acids is 1. The molecule has 0 aliphatic carbocycles. The molecule has 5 heterocycles. The van der Waals surface area contributed by atoms with Crippen LogP contribution in [0.4, 0.5) is 19.0 Å². The molecular weight excluding hydrogens is 437 g/mol. The second-order valence-corrected chi connectivity index (χ2v) is 6.94. The normalized spacial score (nSPS) is 18.3. The van der Waals surface area contributed by atoms with Gasteiger partial charge in [0.25, 0.3) is 5.91 Å². The number of aliphatic carboxylic acids is 1. The quantitative estimate of drug-likeness (QED) is 0.594. The molecule has 3 aromatic heterocycles. The van der Waals surface area contributed by atoms with Crippen LogP contribution in [-0.2, 0) is 21.0 Å². The summed E-state index contributed by atoms with van der Waals surface area (Å²) < 4.78 is 35.3. The number of halogens is 3. The lowest BCUT2D eigenvalue weighted by Crippen LogP contribution is -2.45. The molecule has 32 heavy (non-hydrogen) atoms. The minimum absolute atomic E-state index is 0.0492. The summed E-state index contributed by atoms with van der Waals surface area (Å²) in [7, 11) is 0. The van der Waals surface area contributed by atoms with Gasteiger partial charge in [-0.2, -0.15) is 17.7 Å². The first-order valence-electron chi connectivity index (χ1n) is 9.41. The molecule has 1 atom stereocenters. The Hall–Kier alpha value is -3.75. The number of amides is 1. The average molecular weight is 454 g/mol. The predicted molar refractivity (Wildman–Crippen MR) is 99.1 cm³/mol. The molecule has 12 nitrogen and oxygen atoms in total. The number of hydrogen-bond donors (Lipinski definition) is 1. The van der Waals surface area contributed by atoms with Crippen LogP contribution in [0.15, 0.2) is 31.0 Å². The lowest BCUT2D eigenvalue weighted by atomic mass is 10.1. The Labute approximate surface area is 177 Å². The van der Waals surface area contributed by atoms with E-state index in [2.05, 4.69) is 25.2 Å². The van der Waals surface area contributed by atoms with Gasteiger partial charge in [-0.3, -0.25) is 9.63 Å². The standard InChI is InChI=1S/C15H16N8O2.C2HF3O2/c24-15(23-4-1-5-25-23)12-8-20(7-11-6-16-9-21(11)12)14-3-2-13-18-17-10-22(13)19-14;3-2(4,5)1(6)7/h2-3,6,9-10,12H,1,4-5,7-8H2;(H,6,7). The molecule has 1 unspecified atom stereocenters. The number of aromatic nitrogens is 6. The van der Waals surface area contributed by atoms with Gasteiger partial charge >= 0.3 is 12.1 Å². The number of hydrogen-bond acceptors (Lipinski definition) is 8. The Morgan fingerprint density at radius 1 is 1.22 bits per heavy atom. The van der Waals surface area contributed by atoms with E-state index in [0.717, 1.165) is 17.9 Å². The van der Waals surface area contributed by atoms with Gasteiger partial charge in [0.1, 0.15) is 18.2 Å². The van der Waals surface area contributed by atoms with Gasteiger partial charge in [-0.1, -0.05) is 0 Å². The van der Waals surface area contributed by atoms with E-state index < -0.39 is 12.1 Å². The summed E-state index contributed by atoms with van der Waals surface area (Å²) in [6.45, 7) is 2.35. The summed E-state index contributed by atoms with van der Waals surface area (Å²) in [5.41, 5.74) is 1.65. The second-order valence-electron chi connectivity index (χ2n) is 6.94. The maximum atomic E-state index is 12.9. The number of alkyl halides is 3. The highest BCUT2D eigenvalue weighted by Gasteiger charge is 2.38. The number of carboxylic acids is 1. The van der Waals surface area contributed by atoms with Gasteiger partial charge in [-0.05, 0) is 18.6 Å². The van der Waals surface area contributed by atoms with Crippen molar-refractivity contribution in [1.29, 1.82) is 0 Å². The van der Waals surface area contributed by atoms with Crippen molar-refractivity contribution in [3.8, 4) is 0 Å².